The van der Waals surface area contributed by atoms with Crippen LogP contribution in [0.3, 0.4) is 0 Å². The second-order valence-electron chi connectivity index (χ2n) is 9.54. The van der Waals surface area contributed by atoms with E-state index in [1.54, 1.807) is 39.8 Å². The van der Waals surface area contributed by atoms with Gasteiger partial charge in [-0.1, -0.05) is 69.7 Å². The van der Waals surface area contributed by atoms with Crippen LogP contribution in [0.1, 0.15) is 91.0 Å². The number of rotatable bonds is 14. The van der Waals surface area contributed by atoms with Crippen molar-refractivity contribution in [2.75, 3.05) is 0 Å². The normalized spacial score (nSPS) is 13.1. The van der Waals surface area contributed by atoms with Gasteiger partial charge in [0.15, 0.2) is 23.3 Å². The summed E-state index contributed by atoms with van der Waals surface area (Å²) in [5.74, 6) is -9.07. The number of benzene rings is 2. The lowest BCUT2D eigenvalue weighted by molar-refractivity contribution is -0.393. The average Bonchev–Trinajstić information content (AvgIpc) is 2.78. The fourth-order valence-electron chi connectivity index (χ4n) is 4.23. The third-order valence-electron chi connectivity index (χ3n) is 5.82. The van der Waals surface area contributed by atoms with Crippen molar-refractivity contribution in [1.82, 2.24) is 0 Å². The summed E-state index contributed by atoms with van der Waals surface area (Å²) in [4.78, 5) is 0. The molecule has 1 unspecified atom stereocenters. The molecule has 2 rings (SSSR count). The molecular formula is C28H38F4O3. The summed E-state index contributed by atoms with van der Waals surface area (Å²) >= 11 is 0. The standard InChI is InChI=1S/C28H38F4O3/c1-6-7-8-9-10-11-12-23(28(33,34-18(2)3)35-19(4)5)21-15-13-20(14-16-21)22-17-24(29)26(31)27(32)25(22)30/h13-19,23,33H,6-12H2,1-5H3. The summed E-state index contributed by atoms with van der Waals surface area (Å²) in [6, 6.07) is 6.91. The molecule has 0 aliphatic carbocycles. The monoisotopic (exact) mass is 498 g/mol. The molecule has 0 radical (unpaired) electrons. The highest BCUT2D eigenvalue weighted by Gasteiger charge is 2.42. The molecule has 2 aromatic rings. The lowest BCUT2D eigenvalue weighted by atomic mass is 9.89. The van der Waals surface area contributed by atoms with Crippen LogP contribution < -0.4 is 0 Å². The van der Waals surface area contributed by atoms with Crippen molar-refractivity contribution in [3.63, 3.8) is 0 Å². The molecular weight excluding hydrogens is 460 g/mol. The van der Waals surface area contributed by atoms with E-state index in [2.05, 4.69) is 6.92 Å². The van der Waals surface area contributed by atoms with Gasteiger partial charge in [-0.3, -0.25) is 0 Å². The fraction of sp³-hybridized carbons (Fsp3) is 0.571. The Labute approximate surface area is 206 Å². The molecule has 0 saturated heterocycles. The third-order valence-corrected chi connectivity index (χ3v) is 5.82. The smallest absolute Gasteiger partial charge is 0.288 e. The van der Waals surface area contributed by atoms with Crippen molar-refractivity contribution in [2.24, 2.45) is 0 Å². The van der Waals surface area contributed by atoms with Gasteiger partial charge in [0.05, 0.1) is 18.1 Å². The molecule has 0 aromatic heterocycles. The predicted molar refractivity (Wildman–Crippen MR) is 130 cm³/mol. The van der Waals surface area contributed by atoms with E-state index in [0.29, 0.717) is 18.1 Å². The molecule has 2 aromatic carbocycles. The van der Waals surface area contributed by atoms with Gasteiger partial charge < -0.3 is 14.6 Å². The molecule has 0 aliphatic heterocycles. The second kappa shape index (κ2) is 13.4. The Hall–Kier alpha value is -1.96. The van der Waals surface area contributed by atoms with Gasteiger partial charge in [0.25, 0.3) is 5.97 Å². The molecule has 196 valence electrons. The van der Waals surface area contributed by atoms with Crippen molar-refractivity contribution in [3.8, 4) is 11.1 Å². The summed E-state index contributed by atoms with van der Waals surface area (Å²) in [7, 11) is 0. The van der Waals surface area contributed by atoms with Crippen LogP contribution in [0.4, 0.5) is 17.6 Å². The fourth-order valence-corrected chi connectivity index (χ4v) is 4.23. The van der Waals surface area contributed by atoms with Crippen LogP contribution in [0.2, 0.25) is 0 Å². The van der Waals surface area contributed by atoms with Crippen LogP contribution in [-0.2, 0) is 9.47 Å². The zero-order valence-electron chi connectivity index (χ0n) is 21.3. The minimum atomic E-state index is -1.90. The first-order valence-electron chi connectivity index (χ1n) is 12.5. The predicted octanol–water partition coefficient (Wildman–Crippen LogP) is 8.24. The van der Waals surface area contributed by atoms with Gasteiger partial charge >= 0.3 is 0 Å². The quantitative estimate of drug-likeness (QED) is 0.0937. The Morgan fingerprint density at radius 3 is 1.86 bits per heavy atom. The van der Waals surface area contributed by atoms with Gasteiger partial charge in [-0.15, -0.1) is 0 Å². The highest BCUT2D eigenvalue weighted by molar-refractivity contribution is 5.65. The zero-order valence-corrected chi connectivity index (χ0v) is 21.3. The molecule has 1 atom stereocenters. The van der Waals surface area contributed by atoms with E-state index in [1.165, 1.54) is 18.6 Å². The Morgan fingerprint density at radius 1 is 0.771 bits per heavy atom. The van der Waals surface area contributed by atoms with Gasteiger partial charge in [-0.25, -0.2) is 17.6 Å². The maximum Gasteiger partial charge on any atom is 0.288 e. The summed E-state index contributed by atoms with van der Waals surface area (Å²) in [5, 5.41) is 11.5. The van der Waals surface area contributed by atoms with E-state index in [0.717, 1.165) is 32.1 Å². The summed E-state index contributed by atoms with van der Waals surface area (Å²) in [5.41, 5.74) is 0.475. The Kier molecular flexibility index (Phi) is 11.2. The first-order chi connectivity index (χ1) is 16.5. The van der Waals surface area contributed by atoms with Crippen molar-refractivity contribution in [1.29, 1.82) is 0 Å². The van der Waals surface area contributed by atoms with E-state index >= 15 is 0 Å². The minimum Gasteiger partial charge on any atom is -0.343 e. The van der Waals surface area contributed by atoms with Gasteiger partial charge in [-0.2, -0.15) is 0 Å². The van der Waals surface area contributed by atoms with E-state index in [1.807, 2.05) is 0 Å². The number of aliphatic hydroxyl groups is 1. The molecule has 0 spiro atoms. The van der Waals surface area contributed by atoms with Crippen molar-refractivity contribution in [3.05, 3.63) is 59.2 Å². The van der Waals surface area contributed by atoms with E-state index in [-0.39, 0.29) is 23.3 Å². The summed E-state index contributed by atoms with van der Waals surface area (Å²) in [6.07, 6.45) is 6.36. The highest BCUT2D eigenvalue weighted by Crippen LogP contribution is 2.38. The minimum absolute atomic E-state index is 0.181. The highest BCUT2D eigenvalue weighted by atomic mass is 19.2. The Balaban J connectivity index is 2.38. The molecule has 0 amide bonds. The van der Waals surface area contributed by atoms with Gasteiger partial charge in [0.1, 0.15) is 0 Å². The second-order valence-corrected chi connectivity index (χ2v) is 9.54. The van der Waals surface area contributed by atoms with E-state index in [9.17, 15) is 22.7 Å². The van der Waals surface area contributed by atoms with Crippen molar-refractivity contribution in [2.45, 2.75) is 104 Å². The Morgan fingerprint density at radius 2 is 1.31 bits per heavy atom. The molecule has 1 N–H and O–H groups in total. The first-order valence-corrected chi connectivity index (χ1v) is 12.5. The number of halogens is 4. The molecule has 7 heteroatoms. The van der Waals surface area contributed by atoms with E-state index in [4.69, 9.17) is 9.47 Å². The number of hydrogen-bond acceptors (Lipinski definition) is 3. The van der Waals surface area contributed by atoms with Crippen LogP contribution in [0.15, 0.2) is 30.3 Å². The van der Waals surface area contributed by atoms with E-state index < -0.39 is 35.2 Å². The third kappa shape index (κ3) is 8.02. The van der Waals surface area contributed by atoms with Crippen LogP contribution in [0.25, 0.3) is 11.1 Å². The Bertz CT molecular complexity index is 919. The van der Waals surface area contributed by atoms with Gasteiger partial charge in [0, 0.05) is 5.56 Å². The molecule has 0 fully saturated rings. The molecule has 0 saturated carbocycles. The lowest BCUT2D eigenvalue weighted by Crippen LogP contribution is -2.45. The molecule has 0 bridgehead atoms. The lowest BCUT2D eigenvalue weighted by Gasteiger charge is -2.38. The van der Waals surface area contributed by atoms with Gasteiger partial charge in [-0.05, 0) is 51.3 Å². The zero-order chi connectivity index (χ0) is 26.2. The molecule has 35 heavy (non-hydrogen) atoms. The largest absolute Gasteiger partial charge is 0.343 e. The molecule has 0 heterocycles. The molecule has 0 aliphatic rings. The van der Waals surface area contributed by atoms with Crippen LogP contribution in [0.5, 0.6) is 0 Å². The maximum absolute atomic E-state index is 14.3. The SMILES string of the molecule is CCCCCCCCC(c1ccc(-c2cc(F)c(F)c(F)c2F)cc1)C(O)(OC(C)C)OC(C)C. The van der Waals surface area contributed by atoms with Crippen molar-refractivity contribution >= 4 is 0 Å². The summed E-state index contributed by atoms with van der Waals surface area (Å²) < 4.78 is 66.9. The number of unbranched alkanes of at least 4 members (excludes halogenated alkanes) is 5. The van der Waals surface area contributed by atoms with Crippen LogP contribution in [0, 0.1) is 23.3 Å². The average molecular weight is 499 g/mol. The molecule has 3 nitrogen and oxygen atoms in total. The van der Waals surface area contributed by atoms with Gasteiger partial charge in [0.2, 0.25) is 0 Å². The number of ether oxygens (including phenoxy) is 2. The topological polar surface area (TPSA) is 38.7 Å². The van der Waals surface area contributed by atoms with Crippen LogP contribution in [-0.4, -0.2) is 23.3 Å². The number of hydrogen-bond donors (Lipinski definition) is 1. The first kappa shape index (κ1) is 29.3. The van der Waals surface area contributed by atoms with Crippen molar-refractivity contribution < 1.29 is 32.1 Å². The van der Waals surface area contributed by atoms with Crippen LogP contribution >= 0.6 is 0 Å². The summed E-state index contributed by atoms with van der Waals surface area (Å²) in [6.45, 7) is 9.38. The maximum atomic E-state index is 14.3.